The van der Waals surface area contributed by atoms with Crippen molar-refractivity contribution in [3.05, 3.63) is 30.3 Å². The van der Waals surface area contributed by atoms with Gasteiger partial charge in [0.2, 0.25) is 15.2 Å². The Morgan fingerprint density at radius 1 is 1.33 bits per heavy atom. The molecule has 2 atom stereocenters. The molecule has 11 nitrogen and oxygen atoms in total. The third-order valence-corrected chi connectivity index (χ3v) is 5.60. The summed E-state index contributed by atoms with van der Waals surface area (Å²) < 4.78 is 30.9. The molecule has 1 aromatic rings. The van der Waals surface area contributed by atoms with Gasteiger partial charge in [0.25, 0.3) is 5.90 Å². The number of aliphatic carboxylic acids is 2. The summed E-state index contributed by atoms with van der Waals surface area (Å²) in [6.45, 7) is -0.175. The van der Waals surface area contributed by atoms with Crippen molar-refractivity contribution in [3.8, 4) is 0 Å². The van der Waals surface area contributed by atoms with E-state index >= 15 is 0 Å². The molecule has 0 saturated carbocycles. The molecule has 0 aromatic heterocycles. The largest absolute Gasteiger partial charge is 0.481 e. The number of nitrogens with zero attached hydrogens (tertiary/aromatic N) is 2. The van der Waals surface area contributed by atoms with Crippen LogP contribution < -0.4 is 5.32 Å². The second kappa shape index (κ2) is 8.79. The summed E-state index contributed by atoms with van der Waals surface area (Å²) in [6, 6.07) is 6.42. The molecule has 148 valence electrons. The zero-order chi connectivity index (χ0) is 20.0. The first-order chi connectivity index (χ1) is 12.7. The van der Waals surface area contributed by atoms with E-state index in [1.54, 1.807) is 18.2 Å². The van der Waals surface area contributed by atoms with Crippen LogP contribution in [0.3, 0.4) is 0 Å². The van der Waals surface area contributed by atoms with Crippen molar-refractivity contribution >= 4 is 27.7 Å². The van der Waals surface area contributed by atoms with Gasteiger partial charge in [-0.15, -0.1) is 0 Å². The minimum Gasteiger partial charge on any atom is -0.481 e. The molecule has 1 heterocycles. The molecule has 0 spiro atoms. The number of carboxylic acid groups (broad SMARTS) is 2. The van der Waals surface area contributed by atoms with Crippen molar-refractivity contribution in [1.29, 1.82) is 0 Å². The van der Waals surface area contributed by atoms with Gasteiger partial charge in [-0.2, -0.15) is 0 Å². The Labute approximate surface area is 155 Å². The Balaban J connectivity index is 1.98. The molecule has 12 heteroatoms. The zero-order valence-electron chi connectivity index (χ0n) is 14.3. The molecule has 1 aliphatic heterocycles. The summed E-state index contributed by atoms with van der Waals surface area (Å²) >= 11 is 0. The maximum atomic E-state index is 12.8. The summed E-state index contributed by atoms with van der Waals surface area (Å²) in [5.41, 5.74) is 0. The number of oxime groups is 1. The first-order valence-corrected chi connectivity index (χ1v) is 9.35. The number of hydroxylamine groups is 2. The zero-order valence-corrected chi connectivity index (χ0v) is 15.1. The summed E-state index contributed by atoms with van der Waals surface area (Å²) in [4.78, 5) is 26.6. The molecular formula is C15H19N3O8S. The molecule has 0 saturated heterocycles. The van der Waals surface area contributed by atoms with Crippen LogP contribution in [0.4, 0.5) is 0 Å². The molecule has 1 aliphatic rings. The minimum atomic E-state index is -3.87. The van der Waals surface area contributed by atoms with Crippen LogP contribution in [0, 0.1) is 0 Å². The van der Waals surface area contributed by atoms with E-state index in [4.69, 9.17) is 19.9 Å². The summed E-state index contributed by atoms with van der Waals surface area (Å²) in [5.74, 6) is -2.78. The van der Waals surface area contributed by atoms with Gasteiger partial charge in [0.1, 0.15) is 12.6 Å². The van der Waals surface area contributed by atoms with Crippen molar-refractivity contribution in [3.63, 3.8) is 0 Å². The van der Waals surface area contributed by atoms with Crippen molar-refractivity contribution in [2.75, 3.05) is 20.2 Å². The normalized spacial score (nSPS) is 18.4. The molecular weight excluding hydrogens is 382 g/mol. The highest BCUT2D eigenvalue weighted by Crippen LogP contribution is 2.23. The molecule has 27 heavy (non-hydrogen) atoms. The molecule has 0 aliphatic carbocycles. The molecule has 2 rings (SSSR count). The predicted octanol–water partition coefficient (Wildman–Crippen LogP) is -0.489. The van der Waals surface area contributed by atoms with Gasteiger partial charge >= 0.3 is 11.9 Å². The maximum absolute atomic E-state index is 12.8. The number of ether oxygens (including phenoxy) is 1. The minimum absolute atomic E-state index is 0.0366. The van der Waals surface area contributed by atoms with E-state index in [9.17, 15) is 18.0 Å². The van der Waals surface area contributed by atoms with E-state index in [1.165, 1.54) is 19.2 Å². The number of hydrogen-bond acceptors (Lipinski definition) is 9. The van der Waals surface area contributed by atoms with Crippen LogP contribution in [0.25, 0.3) is 0 Å². The Morgan fingerprint density at radius 2 is 2.00 bits per heavy atom. The van der Waals surface area contributed by atoms with Gasteiger partial charge in [0.05, 0.1) is 11.3 Å². The van der Waals surface area contributed by atoms with Crippen molar-refractivity contribution in [2.24, 2.45) is 5.16 Å². The van der Waals surface area contributed by atoms with Crippen LogP contribution in [0.2, 0.25) is 0 Å². The van der Waals surface area contributed by atoms with E-state index in [2.05, 4.69) is 10.5 Å². The van der Waals surface area contributed by atoms with E-state index < -0.39 is 39.6 Å². The lowest BCUT2D eigenvalue weighted by molar-refractivity contribution is -0.145. The Bertz CT molecular complexity index is 812. The van der Waals surface area contributed by atoms with E-state index in [0.29, 0.717) is 0 Å². The van der Waals surface area contributed by atoms with Crippen LogP contribution in [0.5, 0.6) is 0 Å². The topological polar surface area (TPSA) is 155 Å². The summed E-state index contributed by atoms with van der Waals surface area (Å²) in [5, 5.41) is 23.5. The number of likely N-dealkylation sites (N-methyl/N-ethyl adjacent to an activating group) is 1. The van der Waals surface area contributed by atoms with E-state index in [-0.39, 0.29) is 23.9 Å². The average Bonchev–Trinajstić information content (AvgIpc) is 2.99. The first-order valence-electron chi connectivity index (χ1n) is 7.81. The highest BCUT2D eigenvalue weighted by atomic mass is 32.2. The number of benzene rings is 1. The van der Waals surface area contributed by atoms with Crippen molar-refractivity contribution in [1.82, 2.24) is 10.4 Å². The molecule has 1 unspecified atom stereocenters. The second-order valence-corrected chi connectivity index (χ2v) is 7.57. The number of sulfone groups is 1. The highest BCUT2D eigenvalue weighted by molar-refractivity contribution is 7.92. The number of rotatable bonds is 9. The van der Waals surface area contributed by atoms with Crippen LogP contribution in [0.15, 0.2) is 40.4 Å². The van der Waals surface area contributed by atoms with E-state index in [0.717, 1.165) is 5.06 Å². The molecule has 0 fully saturated rings. The lowest BCUT2D eigenvalue weighted by Crippen LogP contribution is -2.42. The molecule has 0 bridgehead atoms. The van der Waals surface area contributed by atoms with Crippen LogP contribution in [0.1, 0.15) is 6.42 Å². The maximum Gasteiger partial charge on any atom is 0.321 e. The fourth-order valence-corrected chi connectivity index (χ4v) is 3.92. The monoisotopic (exact) mass is 401 g/mol. The molecule has 0 radical (unpaired) electrons. The Morgan fingerprint density at radius 3 is 2.59 bits per heavy atom. The quantitative estimate of drug-likeness (QED) is 0.462. The number of hydrogen-bond donors (Lipinski definition) is 3. The third-order valence-electron chi connectivity index (χ3n) is 3.59. The Hall–Kier alpha value is -2.70. The summed E-state index contributed by atoms with van der Waals surface area (Å²) in [7, 11) is -2.48. The molecule has 1 aromatic carbocycles. The average molecular weight is 401 g/mol. The second-order valence-electron chi connectivity index (χ2n) is 5.56. The molecule has 3 N–H and O–H groups in total. The fourth-order valence-electron chi connectivity index (χ4n) is 2.32. The smallest absolute Gasteiger partial charge is 0.321 e. The van der Waals surface area contributed by atoms with Gasteiger partial charge in [-0.05, 0) is 17.3 Å². The van der Waals surface area contributed by atoms with Gasteiger partial charge in [0.15, 0.2) is 0 Å². The van der Waals surface area contributed by atoms with Gasteiger partial charge in [-0.3, -0.25) is 14.5 Å². The van der Waals surface area contributed by atoms with Crippen molar-refractivity contribution in [2.45, 2.75) is 22.7 Å². The lowest BCUT2D eigenvalue weighted by atomic mass is 10.2. The predicted molar refractivity (Wildman–Crippen MR) is 91.3 cm³/mol. The Kier molecular flexibility index (Phi) is 6.71. The lowest BCUT2D eigenvalue weighted by Gasteiger charge is -2.18. The first kappa shape index (κ1) is 20.6. The van der Waals surface area contributed by atoms with Crippen molar-refractivity contribution < 1.29 is 37.9 Å². The van der Waals surface area contributed by atoms with Gasteiger partial charge < -0.3 is 20.3 Å². The highest BCUT2D eigenvalue weighted by Gasteiger charge is 2.43. The number of carbonyl (C=O) groups is 2. The summed E-state index contributed by atoms with van der Waals surface area (Å²) in [6.07, 6.45) is -0.604. The van der Waals surface area contributed by atoms with Gasteiger partial charge in [-0.1, -0.05) is 23.3 Å². The van der Waals surface area contributed by atoms with Gasteiger partial charge in [-0.25, -0.2) is 8.42 Å². The van der Waals surface area contributed by atoms with Crippen LogP contribution in [-0.4, -0.2) is 73.1 Å². The van der Waals surface area contributed by atoms with Crippen LogP contribution in [-0.2, 0) is 29.1 Å². The van der Waals surface area contributed by atoms with E-state index in [1.807, 2.05) is 0 Å². The number of nitrogens with one attached hydrogen (secondary N) is 1. The number of carboxylic acids is 2. The van der Waals surface area contributed by atoms with Gasteiger partial charge in [0, 0.05) is 13.6 Å². The third kappa shape index (κ3) is 5.15. The van der Waals surface area contributed by atoms with Crippen LogP contribution >= 0.6 is 0 Å². The standard InChI is InChI=1S/C15H19N3O8S/c1-18-14(27(23,24)10-5-3-2-4-6-10)13(17-26-18)25-8-7-16-11(15(21)22)9-12(19)20/h2-6,11,14,16H,7-9H2,1H3,(H,19,20)(H,21,22)/t11-,14?/m0/s1. The molecule has 0 amide bonds. The SMILES string of the molecule is CN1ON=C(OCCN[C@@H](CC(=O)O)C(=O)O)C1S(=O)(=O)c1ccccc1. The fraction of sp³-hybridized carbons (Fsp3) is 0.400.